The lowest BCUT2D eigenvalue weighted by Crippen LogP contribution is -2.00. The van der Waals surface area contributed by atoms with Crippen LogP contribution in [0.3, 0.4) is 0 Å². The molecule has 2 aromatic rings. The molecule has 0 amide bonds. The summed E-state index contributed by atoms with van der Waals surface area (Å²) in [4.78, 5) is 11.0. The average molecular weight is 295 g/mol. The summed E-state index contributed by atoms with van der Waals surface area (Å²) in [5.74, 6) is 0.525. The highest BCUT2D eigenvalue weighted by atomic mass is 35.5. The van der Waals surface area contributed by atoms with Gasteiger partial charge in [-0.3, -0.25) is 4.79 Å². The van der Waals surface area contributed by atoms with E-state index in [0.717, 1.165) is 11.8 Å². The number of ether oxygens (including phenoxy) is 1. The average Bonchev–Trinajstić information content (AvgIpc) is 2.39. The Balaban J connectivity index is 2.21. The Morgan fingerprint density at radius 3 is 2.47 bits per heavy atom. The molecule has 4 heteroatoms. The fourth-order valence-electron chi connectivity index (χ4n) is 1.71. The second kappa shape index (κ2) is 6.09. The highest BCUT2D eigenvalue weighted by Gasteiger charge is 2.08. The van der Waals surface area contributed by atoms with E-state index in [0.29, 0.717) is 26.9 Å². The van der Waals surface area contributed by atoms with E-state index in [1.54, 1.807) is 30.3 Å². The number of halogens is 2. The SMILES string of the molecule is Cc1ccc(OCc2c(Cl)cccc2Cl)c(C=O)c1. The highest BCUT2D eigenvalue weighted by Crippen LogP contribution is 2.27. The third-order valence-corrected chi connectivity index (χ3v) is 3.43. The van der Waals surface area contributed by atoms with Crippen LogP contribution in [0, 0.1) is 6.92 Å². The number of aldehydes is 1. The topological polar surface area (TPSA) is 26.3 Å². The maximum absolute atomic E-state index is 11.0. The van der Waals surface area contributed by atoms with Gasteiger partial charge in [0.05, 0.1) is 5.56 Å². The van der Waals surface area contributed by atoms with Gasteiger partial charge in [0.1, 0.15) is 12.4 Å². The zero-order valence-electron chi connectivity index (χ0n) is 10.3. The first-order chi connectivity index (χ1) is 9.11. The van der Waals surface area contributed by atoms with Crippen molar-refractivity contribution in [2.24, 2.45) is 0 Å². The lowest BCUT2D eigenvalue weighted by molar-refractivity contribution is 0.111. The van der Waals surface area contributed by atoms with Gasteiger partial charge in [-0.05, 0) is 31.2 Å². The van der Waals surface area contributed by atoms with Gasteiger partial charge >= 0.3 is 0 Å². The molecule has 0 N–H and O–H groups in total. The number of aryl methyl sites for hydroxylation is 1. The number of hydrogen-bond donors (Lipinski definition) is 0. The third kappa shape index (κ3) is 3.28. The smallest absolute Gasteiger partial charge is 0.153 e. The van der Waals surface area contributed by atoms with E-state index in [1.807, 2.05) is 13.0 Å². The first kappa shape index (κ1) is 13.9. The van der Waals surface area contributed by atoms with Gasteiger partial charge in [-0.25, -0.2) is 0 Å². The summed E-state index contributed by atoms with van der Waals surface area (Å²) >= 11 is 12.1. The standard InChI is InChI=1S/C15H12Cl2O2/c1-10-5-6-15(11(7-10)8-18)19-9-12-13(16)3-2-4-14(12)17/h2-8H,9H2,1H3. The molecule has 0 spiro atoms. The second-order valence-corrected chi connectivity index (χ2v) is 4.96. The zero-order valence-corrected chi connectivity index (χ0v) is 11.8. The minimum Gasteiger partial charge on any atom is -0.488 e. The van der Waals surface area contributed by atoms with Crippen molar-refractivity contribution in [3.05, 3.63) is 63.1 Å². The van der Waals surface area contributed by atoms with Crippen molar-refractivity contribution < 1.29 is 9.53 Å². The first-order valence-corrected chi connectivity index (χ1v) is 6.49. The van der Waals surface area contributed by atoms with Crippen molar-refractivity contribution in [2.75, 3.05) is 0 Å². The van der Waals surface area contributed by atoms with E-state index in [9.17, 15) is 4.79 Å². The molecule has 0 aliphatic carbocycles. The summed E-state index contributed by atoms with van der Waals surface area (Å²) < 4.78 is 5.63. The molecule has 0 aliphatic rings. The number of carbonyl (C=O) groups is 1. The molecule has 0 radical (unpaired) electrons. The van der Waals surface area contributed by atoms with Gasteiger partial charge in [-0.1, -0.05) is 40.9 Å². The number of rotatable bonds is 4. The van der Waals surface area contributed by atoms with Crippen LogP contribution in [-0.4, -0.2) is 6.29 Å². The monoisotopic (exact) mass is 294 g/mol. The lowest BCUT2D eigenvalue weighted by Gasteiger charge is -2.11. The van der Waals surface area contributed by atoms with Crippen LogP contribution in [0.1, 0.15) is 21.5 Å². The van der Waals surface area contributed by atoms with E-state index in [1.165, 1.54) is 0 Å². The first-order valence-electron chi connectivity index (χ1n) is 5.73. The van der Waals surface area contributed by atoms with Crippen molar-refractivity contribution >= 4 is 29.5 Å². The van der Waals surface area contributed by atoms with Crippen LogP contribution in [0.2, 0.25) is 10.0 Å². The molecule has 0 saturated heterocycles. The van der Waals surface area contributed by atoms with Crippen LogP contribution in [0.25, 0.3) is 0 Å². The van der Waals surface area contributed by atoms with E-state index < -0.39 is 0 Å². The van der Waals surface area contributed by atoms with Crippen molar-refractivity contribution in [1.29, 1.82) is 0 Å². The molecular weight excluding hydrogens is 283 g/mol. The lowest BCUT2D eigenvalue weighted by atomic mass is 10.1. The van der Waals surface area contributed by atoms with Crippen LogP contribution in [0.4, 0.5) is 0 Å². The van der Waals surface area contributed by atoms with Crippen LogP contribution >= 0.6 is 23.2 Å². The molecule has 0 atom stereocenters. The summed E-state index contributed by atoms with van der Waals surface area (Å²) in [5, 5.41) is 1.10. The summed E-state index contributed by atoms with van der Waals surface area (Å²) in [7, 11) is 0. The van der Waals surface area contributed by atoms with Crippen molar-refractivity contribution in [3.8, 4) is 5.75 Å². The number of carbonyl (C=O) groups excluding carboxylic acids is 1. The molecule has 0 heterocycles. The molecule has 2 aromatic carbocycles. The Hall–Kier alpha value is -1.51. The van der Waals surface area contributed by atoms with Gasteiger partial charge in [0.15, 0.2) is 6.29 Å². The van der Waals surface area contributed by atoms with E-state index >= 15 is 0 Å². The van der Waals surface area contributed by atoms with Crippen LogP contribution < -0.4 is 4.74 Å². The van der Waals surface area contributed by atoms with E-state index in [2.05, 4.69) is 0 Å². The molecule has 0 aromatic heterocycles. The van der Waals surface area contributed by atoms with Crippen LogP contribution in [-0.2, 0) is 6.61 Å². The second-order valence-electron chi connectivity index (χ2n) is 4.15. The Morgan fingerprint density at radius 1 is 1.16 bits per heavy atom. The van der Waals surface area contributed by atoms with Gasteiger partial charge in [0.2, 0.25) is 0 Å². The summed E-state index contributed by atoms with van der Waals surface area (Å²) in [6.45, 7) is 2.14. The minimum absolute atomic E-state index is 0.225. The molecule has 19 heavy (non-hydrogen) atoms. The van der Waals surface area contributed by atoms with Gasteiger partial charge in [0, 0.05) is 15.6 Å². The zero-order chi connectivity index (χ0) is 13.8. The molecule has 2 rings (SSSR count). The van der Waals surface area contributed by atoms with Gasteiger partial charge in [-0.2, -0.15) is 0 Å². The van der Waals surface area contributed by atoms with E-state index in [4.69, 9.17) is 27.9 Å². The molecule has 0 saturated carbocycles. The molecule has 98 valence electrons. The largest absolute Gasteiger partial charge is 0.488 e. The fourth-order valence-corrected chi connectivity index (χ4v) is 2.22. The highest BCUT2D eigenvalue weighted by molar-refractivity contribution is 6.35. The minimum atomic E-state index is 0.225. The predicted octanol–water partition coefficient (Wildman–Crippen LogP) is 4.69. The summed E-state index contributed by atoms with van der Waals surface area (Å²) in [6.07, 6.45) is 0.774. The number of benzene rings is 2. The van der Waals surface area contributed by atoms with Crippen LogP contribution in [0.15, 0.2) is 36.4 Å². The van der Waals surface area contributed by atoms with Gasteiger partial charge in [0.25, 0.3) is 0 Å². The molecule has 0 aliphatic heterocycles. The molecule has 0 unspecified atom stereocenters. The molecule has 0 bridgehead atoms. The Kier molecular flexibility index (Phi) is 4.46. The Bertz CT molecular complexity index is 589. The molecule has 2 nitrogen and oxygen atoms in total. The Morgan fingerprint density at radius 2 is 1.84 bits per heavy atom. The summed E-state index contributed by atoms with van der Waals surface area (Å²) in [6, 6.07) is 10.7. The fraction of sp³-hybridized carbons (Fsp3) is 0.133. The normalized spacial score (nSPS) is 10.3. The maximum atomic E-state index is 11.0. The molecular formula is C15H12Cl2O2. The summed E-state index contributed by atoms with van der Waals surface area (Å²) in [5.41, 5.74) is 2.23. The maximum Gasteiger partial charge on any atom is 0.153 e. The predicted molar refractivity (Wildman–Crippen MR) is 77.4 cm³/mol. The van der Waals surface area contributed by atoms with Crippen molar-refractivity contribution in [2.45, 2.75) is 13.5 Å². The van der Waals surface area contributed by atoms with E-state index in [-0.39, 0.29) is 6.61 Å². The van der Waals surface area contributed by atoms with Crippen molar-refractivity contribution in [1.82, 2.24) is 0 Å². The van der Waals surface area contributed by atoms with Crippen molar-refractivity contribution in [3.63, 3.8) is 0 Å². The van der Waals surface area contributed by atoms with Gasteiger partial charge < -0.3 is 4.74 Å². The van der Waals surface area contributed by atoms with Gasteiger partial charge in [-0.15, -0.1) is 0 Å². The third-order valence-electron chi connectivity index (χ3n) is 2.73. The van der Waals surface area contributed by atoms with Crippen LogP contribution in [0.5, 0.6) is 5.75 Å². The number of hydrogen-bond acceptors (Lipinski definition) is 2. The quantitative estimate of drug-likeness (QED) is 0.765. The Labute approximate surface area is 121 Å². The molecule has 0 fully saturated rings.